The Hall–Kier alpha value is -2.54. The second kappa shape index (κ2) is 7.35. The summed E-state index contributed by atoms with van der Waals surface area (Å²) in [5.41, 5.74) is 7.49. The topological polar surface area (TPSA) is 20.2 Å². The summed E-state index contributed by atoms with van der Waals surface area (Å²) in [6.07, 6.45) is 3.49. The van der Waals surface area contributed by atoms with E-state index in [0.717, 1.165) is 17.5 Å². The van der Waals surface area contributed by atoms with Crippen LogP contribution in [0.25, 0.3) is 22.3 Å². The molecule has 0 unspecified atom stereocenters. The standard InChI is InChI=1S/C23H24O/c1-3-4-9-18-13-14-20(19-10-7-11-21(24)15-19)16-23(18)22-12-6-5-8-17(22)2/h5-8,10-16,24H,3-4,9H2,1-2H3. The smallest absolute Gasteiger partial charge is 0.116 e. The molecule has 0 saturated heterocycles. The maximum atomic E-state index is 9.78. The highest BCUT2D eigenvalue weighted by atomic mass is 16.3. The summed E-state index contributed by atoms with van der Waals surface area (Å²) in [6.45, 7) is 4.40. The van der Waals surface area contributed by atoms with Crippen LogP contribution in [0.5, 0.6) is 5.75 Å². The Bertz CT molecular complexity index is 833. The zero-order valence-electron chi connectivity index (χ0n) is 14.4. The first kappa shape index (κ1) is 16.3. The van der Waals surface area contributed by atoms with Crippen LogP contribution >= 0.6 is 0 Å². The fourth-order valence-corrected chi connectivity index (χ4v) is 3.15. The molecule has 0 bridgehead atoms. The van der Waals surface area contributed by atoms with Crippen LogP contribution in [0.1, 0.15) is 30.9 Å². The monoisotopic (exact) mass is 316 g/mol. The fraction of sp³-hybridized carbons (Fsp3) is 0.217. The van der Waals surface area contributed by atoms with E-state index in [2.05, 4.69) is 56.3 Å². The van der Waals surface area contributed by atoms with Crippen LogP contribution < -0.4 is 0 Å². The van der Waals surface area contributed by atoms with Gasteiger partial charge in [-0.25, -0.2) is 0 Å². The summed E-state index contributed by atoms with van der Waals surface area (Å²) >= 11 is 0. The van der Waals surface area contributed by atoms with Crippen LogP contribution in [0.15, 0.2) is 66.7 Å². The second-order valence-electron chi connectivity index (χ2n) is 6.34. The van der Waals surface area contributed by atoms with Gasteiger partial charge >= 0.3 is 0 Å². The maximum Gasteiger partial charge on any atom is 0.116 e. The van der Waals surface area contributed by atoms with Crippen molar-refractivity contribution in [3.8, 4) is 28.0 Å². The molecule has 122 valence electrons. The first-order valence-electron chi connectivity index (χ1n) is 8.67. The number of aryl methyl sites for hydroxylation is 2. The Morgan fingerprint density at radius 1 is 0.792 bits per heavy atom. The van der Waals surface area contributed by atoms with Crippen molar-refractivity contribution in [1.29, 1.82) is 0 Å². The van der Waals surface area contributed by atoms with Crippen molar-refractivity contribution in [2.75, 3.05) is 0 Å². The van der Waals surface area contributed by atoms with E-state index in [-0.39, 0.29) is 0 Å². The van der Waals surface area contributed by atoms with E-state index < -0.39 is 0 Å². The molecule has 3 rings (SSSR count). The van der Waals surface area contributed by atoms with Crippen LogP contribution in [-0.4, -0.2) is 5.11 Å². The van der Waals surface area contributed by atoms with Crippen LogP contribution in [-0.2, 0) is 6.42 Å². The number of unbranched alkanes of at least 4 members (excludes halogenated alkanes) is 1. The Morgan fingerprint density at radius 2 is 1.58 bits per heavy atom. The highest BCUT2D eigenvalue weighted by molar-refractivity contribution is 5.77. The summed E-state index contributed by atoms with van der Waals surface area (Å²) < 4.78 is 0. The van der Waals surface area contributed by atoms with E-state index in [1.54, 1.807) is 6.07 Å². The fourth-order valence-electron chi connectivity index (χ4n) is 3.15. The summed E-state index contributed by atoms with van der Waals surface area (Å²) in [4.78, 5) is 0. The Morgan fingerprint density at radius 3 is 2.33 bits per heavy atom. The molecule has 3 aromatic rings. The van der Waals surface area contributed by atoms with Gasteiger partial charge in [-0.1, -0.05) is 61.9 Å². The highest BCUT2D eigenvalue weighted by Gasteiger charge is 2.10. The number of rotatable bonds is 5. The molecule has 0 atom stereocenters. The lowest BCUT2D eigenvalue weighted by molar-refractivity contribution is 0.475. The molecule has 0 amide bonds. The van der Waals surface area contributed by atoms with Crippen molar-refractivity contribution < 1.29 is 5.11 Å². The van der Waals surface area contributed by atoms with Crippen molar-refractivity contribution in [3.05, 3.63) is 77.9 Å². The van der Waals surface area contributed by atoms with Gasteiger partial charge in [-0.3, -0.25) is 0 Å². The zero-order valence-corrected chi connectivity index (χ0v) is 14.4. The minimum Gasteiger partial charge on any atom is -0.508 e. The van der Waals surface area contributed by atoms with Gasteiger partial charge in [0.05, 0.1) is 0 Å². The maximum absolute atomic E-state index is 9.78. The molecule has 0 heterocycles. The average molecular weight is 316 g/mol. The normalized spacial score (nSPS) is 10.8. The molecule has 0 saturated carbocycles. The average Bonchev–Trinajstić information content (AvgIpc) is 2.60. The van der Waals surface area contributed by atoms with Gasteiger partial charge in [0.1, 0.15) is 5.75 Å². The Balaban J connectivity index is 2.12. The zero-order chi connectivity index (χ0) is 16.9. The molecule has 24 heavy (non-hydrogen) atoms. The largest absolute Gasteiger partial charge is 0.508 e. The number of benzene rings is 3. The molecule has 1 N–H and O–H groups in total. The van der Waals surface area contributed by atoms with Crippen LogP contribution in [0, 0.1) is 6.92 Å². The third-order valence-electron chi connectivity index (χ3n) is 4.52. The van der Waals surface area contributed by atoms with E-state index in [1.807, 2.05) is 18.2 Å². The second-order valence-corrected chi connectivity index (χ2v) is 6.34. The predicted octanol–water partition coefficient (Wildman–Crippen LogP) is 6.38. The van der Waals surface area contributed by atoms with Crippen LogP contribution in [0.3, 0.4) is 0 Å². The molecule has 0 aliphatic carbocycles. The van der Waals surface area contributed by atoms with Crippen molar-refractivity contribution in [1.82, 2.24) is 0 Å². The van der Waals surface area contributed by atoms with Gasteiger partial charge in [-0.2, -0.15) is 0 Å². The minimum absolute atomic E-state index is 0.306. The molecule has 0 aliphatic rings. The molecule has 1 heteroatoms. The quantitative estimate of drug-likeness (QED) is 0.579. The first-order chi connectivity index (χ1) is 11.7. The van der Waals surface area contributed by atoms with E-state index in [0.29, 0.717) is 5.75 Å². The molecule has 0 radical (unpaired) electrons. The lowest BCUT2D eigenvalue weighted by Crippen LogP contribution is -1.93. The van der Waals surface area contributed by atoms with Gasteiger partial charge in [-0.15, -0.1) is 0 Å². The van der Waals surface area contributed by atoms with Gasteiger partial charge in [0.2, 0.25) is 0 Å². The molecule has 0 fully saturated rings. The molecule has 1 nitrogen and oxygen atoms in total. The Labute approximate surface area is 144 Å². The molecule has 0 aromatic heterocycles. The number of hydrogen-bond acceptors (Lipinski definition) is 1. The molecule has 0 aliphatic heterocycles. The van der Waals surface area contributed by atoms with Gasteiger partial charge in [0, 0.05) is 0 Å². The molecule has 0 spiro atoms. The van der Waals surface area contributed by atoms with Crippen LogP contribution in [0.4, 0.5) is 0 Å². The van der Waals surface area contributed by atoms with Crippen LogP contribution in [0.2, 0.25) is 0 Å². The summed E-state index contributed by atoms with van der Waals surface area (Å²) in [5.74, 6) is 0.306. The van der Waals surface area contributed by atoms with Crippen molar-refractivity contribution in [2.24, 2.45) is 0 Å². The predicted molar refractivity (Wildman–Crippen MR) is 102 cm³/mol. The number of hydrogen-bond donors (Lipinski definition) is 1. The SMILES string of the molecule is CCCCc1ccc(-c2cccc(O)c2)cc1-c1ccccc1C. The lowest BCUT2D eigenvalue weighted by Gasteiger charge is -2.14. The molecular formula is C23H24O. The third-order valence-corrected chi connectivity index (χ3v) is 4.52. The number of phenols is 1. The van der Waals surface area contributed by atoms with E-state index in [9.17, 15) is 5.11 Å². The van der Waals surface area contributed by atoms with Gasteiger partial charge in [0.15, 0.2) is 0 Å². The summed E-state index contributed by atoms with van der Waals surface area (Å²) in [7, 11) is 0. The highest BCUT2D eigenvalue weighted by Crippen LogP contribution is 2.33. The lowest BCUT2D eigenvalue weighted by atomic mass is 9.90. The summed E-state index contributed by atoms with van der Waals surface area (Å²) in [5, 5.41) is 9.78. The first-order valence-corrected chi connectivity index (χ1v) is 8.67. The van der Waals surface area contributed by atoms with Crippen molar-refractivity contribution in [2.45, 2.75) is 33.1 Å². The summed E-state index contributed by atoms with van der Waals surface area (Å²) in [6, 6.07) is 22.7. The van der Waals surface area contributed by atoms with Crippen molar-refractivity contribution in [3.63, 3.8) is 0 Å². The van der Waals surface area contributed by atoms with Gasteiger partial charge in [-0.05, 0) is 71.3 Å². The molecular weight excluding hydrogens is 292 g/mol. The van der Waals surface area contributed by atoms with E-state index in [4.69, 9.17) is 0 Å². The van der Waals surface area contributed by atoms with E-state index >= 15 is 0 Å². The third kappa shape index (κ3) is 3.51. The van der Waals surface area contributed by atoms with Gasteiger partial charge in [0.25, 0.3) is 0 Å². The van der Waals surface area contributed by atoms with Crippen molar-refractivity contribution >= 4 is 0 Å². The molecule has 3 aromatic carbocycles. The Kier molecular flexibility index (Phi) is 5.00. The van der Waals surface area contributed by atoms with E-state index in [1.165, 1.54) is 35.1 Å². The number of aromatic hydroxyl groups is 1. The minimum atomic E-state index is 0.306. The number of phenolic OH excluding ortho intramolecular Hbond substituents is 1. The van der Waals surface area contributed by atoms with Gasteiger partial charge < -0.3 is 5.11 Å².